The molecule has 0 amide bonds. The van der Waals surface area contributed by atoms with Gasteiger partial charge in [0.1, 0.15) is 0 Å². The van der Waals surface area contributed by atoms with E-state index in [1.807, 2.05) is 47.0 Å². The fraction of sp³-hybridized carbons (Fsp3) is 0.0833. The molecule has 0 aliphatic heterocycles. The minimum atomic E-state index is -0.676. The third-order valence-corrected chi connectivity index (χ3v) is 5.11. The quantitative estimate of drug-likeness (QED) is 0.459. The first-order valence-electron chi connectivity index (χ1n) is 9.56. The second kappa shape index (κ2) is 7.37. The van der Waals surface area contributed by atoms with Crippen molar-refractivity contribution in [2.24, 2.45) is 0 Å². The molecule has 0 aliphatic rings. The number of H-pyrrole nitrogens is 1. The van der Waals surface area contributed by atoms with E-state index in [1.165, 1.54) is 0 Å². The van der Waals surface area contributed by atoms with E-state index >= 15 is 0 Å². The molecule has 0 saturated carbocycles. The summed E-state index contributed by atoms with van der Waals surface area (Å²) in [6.07, 6.45) is 4.52. The number of pyridine rings is 1. The van der Waals surface area contributed by atoms with Gasteiger partial charge in [-0.25, -0.2) is 4.98 Å². The average molecular weight is 380 g/mol. The lowest BCUT2D eigenvalue weighted by Crippen LogP contribution is -2.09. The molecule has 29 heavy (non-hydrogen) atoms. The Balaban J connectivity index is 1.62. The number of para-hydroxylation sites is 1. The number of hydrogen-bond acceptors (Lipinski definition) is 3. The third-order valence-electron chi connectivity index (χ3n) is 5.11. The predicted octanol–water partition coefficient (Wildman–Crippen LogP) is 4.83. The van der Waals surface area contributed by atoms with Crippen LogP contribution < -0.4 is 0 Å². The van der Waals surface area contributed by atoms with Crippen molar-refractivity contribution < 1.29 is 5.11 Å². The summed E-state index contributed by atoms with van der Waals surface area (Å²) in [6.45, 7) is 0.385. The highest BCUT2D eigenvalue weighted by Gasteiger charge is 2.19. The molecule has 1 unspecified atom stereocenters. The fourth-order valence-corrected chi connectivity index (χ4v) is 3.68. The molecule has 3 heterocycles. The molecule has 0 bridgehead atoms. The zero-order chi connectivity index (χ0) is 19.6. The summed E-state index contributed by atoms with van der Waals surface area (Å²) >= 11 is 0. The lowest BCUT2D eigenvalue weighted by atomic mass is 10.1. The summed E-state index contributed by atoms with van der Waals surface area (Å²) in [4.78, 5) is 12.3. The maximum atomic E-state index is 10.8. The molecule has 0 spiro atoms. The highest BCUT2D eigenvalue weighted by atomic mass is 16.3. The van der Waals surface area contributed by atoms with E-state index in [1.54, 1.807) is 18.7 Å². The maximum absolute atomic E-state index is 10.8. The van der Waals surface area contributed by atoms with Gasteiger partial charge in [0.05, 0.1) is 36.1 Å². The lowest BCUT2D eigenvalue weighted by Gasteiger charge is -2.14. The van der Waals surface area contributed by atoms with E-state index in [0.29, 0.717) is 6.54 Å². The van der Waals surface area contributed by atoms with Crippen molar-refractivity contribution in [1.29, 1.82) is 0 Å². The van der Waals surface area contributed by atoms with E-state index < -0.39 is 6.10 Å². The fourth-order valence-electron chi connectivity index (χ4n) is 3.68. The first kappa shape index (κ1) is 17.4. The Morgan fingerprint density at radius 3 is 2.59 bits per heavy atom. The Bertz CT molecular complexity index is 1210. The van der Waals surface area contributed by atoms with Crippen LogP contribution >= 0.6 is 0 Å². The van der Waals surface area contributed by atoms with Gasteiger partial charge in [-0.1, -0.05) is 54.6 Å². The molecule has 142 valence electrons. The molecular weight excluding hydrogens is 360 g/mol. The van der Waals surface area contributed by atoms with Crippen LogP contribution in [0.5, 0.6) is 0 Å². The molecule has 5 heteroatoms. The molecule has 1 atom stereocenters. The standard InChI is InChI=1S/C24H20N4O/c29-22(19-10-6-12-25-14-19)15-28-16-26-23(17-7-2-1-3-8-17)24(28)21-13-18-9-4-5-11-20(18)27-21/h1-14,16,22,27,29H,15H2. The Hall–Kier alpha value is -3.70. The molecule has 0 aliphatic carbocycles. The van der Waals surface area contributed by atoms with Crippen LogP contribution in [0.15, 0.2) is 91.5 Å². The van der Waals surface area contributed by atoms with Crippen LogP contribution in [0.2, 0.25) is 0 Å². The van der Waals surface area contributed by atoms with Crippen molar-refractivity contribution in [3.05, 3.63) is 97.1 Å². The number of nitrogens with zero attached hydrogens (tertiary/aromatic N) is 3. The number of aliphatic hydroxyl groups is 1. The summed E-state index contributed by atoms with van der Waals surface area (Å²) in [5, 5.41) is 11.9. The number of aliphatic hydroxyl groups excluding tert-OH is 1. The van der Waals surface area contributed by atoms with Crippen LogP contribution in [0, 0.1) is 0 Å². The predicted molar refractivity (Wildman–Crippen MR) is 114 cm³/mol. The molecule has 5 rings (SSSR count). The van der Waals surface area contributed by atoms with Gasteiger partial charge >= 0.3 is 0 Å². The minimum Gasteiger partial charge on any atom is -0.386 e. The normalized spacial score (nSPS) is 12.3. The number of hydrogen-bond donors (Lipinski definition) is 2. The summed E-state index contributed by atoms with van der Waals surface area (Å²) in [5.41, 5.74) is 5.70. The molecule has 2 N–H and O–H groups in total. The van der Waals surface area contributed by atoms with Crippen molar-refractivity contribution in [1.82, 2.24) is 19.5 Å². The highest BCUT2D eigenvalue weighted by molar-refractivity contribution is 5.88. The van der Waals surface area contributed by atoms with Gasteiger partial charge in [0.2, 0.25) is 0 Å². The second-order valence-corrected chi connectivity index (χ2v) is 7.03. The van der Waals surface area contributed by atoms with Crippen molar-refractivity contribution in [2.75, 3.05) is 0 Å². The molecule has 5 aromatic rings. The Labute approximate surface area is 168 Å². The van der Waals surface area contributed by atoms with Crippen LogP contribution in [0.1, 0.15) is 11.7 Å². The van der Waals surface area contributed by atoms with Crippen LogP contribution in [0.3, 0.4) is 0 Å². The van der Waals surface area contributed by atoms with Crippen molar-refractivity contribution in [2.45, 2.75) is 12.6 Å². The van der Waals surface area contributed by atoms with Gasteiger partial charge in [-0.15, -0.1) is 0 Å². The van der Waals surface area contributed by atoms with Crippen LogP contribution in [0.4, 0.5) is 0 Å². The van der Waals surface area contributed by atoms with E-state index in [2.05, 4.69) is 40.3 Å². The molecule has 0 fully saturated rings. The third kappa shape index (κ3) is 3.32. The Kier molecular flexibility index (Phi) is 4.42. The number of rotatable bonds is 5. The second-order valence-electron chi connectivity index (χ2n) is 7.03. The average Bonchev–Trinajstić information content (AvgIpc) is 3.38. The van der Waals surface area contributed by atoms with Crippen LogP contribution in [-0.4, -0.2) is 24.6 Å². The zero-order valence-electron chi connectivity index (χ0n) is 15.7. The van der Waals surface area contributed by atoms with E-state index in [4.69, 9.17) is 4.98 Å². The zero-order valence-corrected chi connectivity index (χ0v) is 15.7. The first-order valence-corrected chi connectivity index (χ1v) is 9.56. The lowest BCUT2D eigenvalue weighted by molar-refractivity contribution is 0.156. The summed E-state index contributed by atoms with van der Waals surface area (Å²) < 4.78 is 2.00. The van der Waals surface area contributed by atoms with E-state index in [9.17, 15) is 5.11 Å². The van der Waals surface area contributed by atoms with Gasteiger partial charge in [-0.05, 0) is 18.2 Å². The van der Waals surface area contributed by atoms with Gasteiger partial charge in [-0.3, -0.25) is 4.98 Å². The number of fused-ring (bicyclic) bond motifs is 1. The Morgan fingerprint density at radius 2 is 1.79 bits per heavy atom. The smallest absolute Gasteiger partial charge is 0.0984 e. The van der Waals surface area contributed by atoms with Gasteiger partial charge in [0.25, 0.3) is 0 Å². The van der Waals surface area contributed by atoms with E-state index in [0.717, 1.165) is 39.1 Å². The number of benzene rings is 2. The molecule has 0 radical (unpaired) electrons. The summed E-state index contributed by atoms with van der Waals surface area (Å²) in [5.74, 6) is 0. The van der Waals surface area contributed by atoms with Gasteiger partial charge in [0.15, 0.2) is 0 Å². The van der Waals surface area contributed by atoms with Gasteiger partial charge < -0.3 is 14.7 Å². The summed E-state index contributed by atoms with van der Waals surface area (Å²) in [6, 6.07) is 24.2. The van der Waals surface area contributed by atoms with Crippen molar-refractivity contribution in [3.63, 3.8) is 0 Å². The molecule has 3 aromatic heterocycles. The highest BCUT2D eigenvalue weighted by Crippen LogP contribution is 2.33. The first-order chi connectivity index (χ1) is 14.3. The van der Waals surface area contributed by atoms with Crippen molar-refractivity contribution >= 4 is 10.9 Å². The number of nitrogens with one attached hydrogen (secondary N) is 1. The number of imidazole rings is 1. The Morgan fingerprint density at radius 1 is 0.966 bits per heavy atom. The summed E-state index contributed by atoms with van der Waals surface area (Å²) in [7, 11) is 0. The topological polar surface area (TPSA) is 66.7 Å². The maximum Gasteiger partial charge on any atom is 0.0984 e. The van der Waals surface area contributed by atoms with Crippen LogP contribution in [-0.2, 0) is 6.54 Å². The minimum absolute atomic E-state index is 0.385. The van der Waals surface area contributed by atoms with Gasteiger partial charge in [0, 0.05) is 34.4 Å². The molecule has 2 aromatic carbocycles. The van der Waals surface area contributed by atoms with E-state index in [-0.39, 0.29) is 0 Å². The number of aromatic nitrogens is 4. The van der Waals surface area contributed by atoms with Crippen LogP contribution in [0.25, 0.3) is 33.5 Å². The molecule has 0 saturated heterocycles. The monoisotopic (exact) mass is 380 g/mol. The van der Waals surface area contributed by atoms with Gasteiger partial charge in [-0.2, -0.15) is 0 Å². The SMILES string of the molecule is OC(Cn1cnc(-c2ccccc2)c1-c1cc2ccccc2[nH]1)c1cccnc1. The molecule has 5 nitrogen and oxygen atoms in total. The largest absolute Gasteiger partial charge is 0.386 e. The van der Waals surface area contributed by atoms with Crippen molar-refractivity contribution in [3.8, 4) is 22.6 Å². The molecular formula is C24H20N4O. The number of aromatic amines is 1.